The zero-order valence-electron chi connectivity index (χ0n) is 11.8. The van der Waals surface area contributed by atoms with Crippen LogP contribution in [0.5, 0.6) is 5.75 Å². The topological polar surface area (TPSA) is 46.5 Å². The molecular weight excluding hydrogens is 240 g/mol. The Bertz CT molecular complexity index is 447. The summed E-state index contributed by atoms with van der Waals surface area (Å²) in [6, 6.07) is 5.80. The van der Waals surface area contributed by atoms with Crippen molar-refractivity contribution in [3.8, 4) is 5.75 Å². The highest BCUT2D eigenvalue weighted by Crippen LogP contribution is 2.22. The molecule has 1 aromatic carbocycles. The van der Waals surface area contributed by atoms with Crippen LogP contribution >= 0.6 is 0 Å². The molecule has 0 bridgehead atoms. The van der Waals surface area contributed by atoms with Crippen LogP contribution in [-0.4, -0.2) is 17.7 Å². The number of aryl methyl sites for hydroxylation is 1. The van der Waals surface area contributed by atoms with Crippen LogP contribution in [0.3, 0.4) is 0 Å². The van der Waals surface area contributed by atoms with E-state index in [2.05, 4.69) is 13.8 Å². The summed E-state index contributed by atoms with van der Waals surface area (Å²) < 4.78 is 5.49. The Morgan fingerprint density at radius 3 is 2.74 bits per heavy atom. The number of aliphatic carboxylic acids is 1. The summed E-state index contributed by atoms with van der Waals surface area (Å²) in [5.74, 6) is 0.532. The minimum atomic E-state index is -0.927. The Morgan fingerprint density at radius 2 is 2.16 bits per heavy atom. The van der Waals surface area contributed by atoms with Gasteiger partial charge in [0.05, 0.1) is 6.61 Å². The molecule has 0 fully saturated rings. The predicted molar refractivity (Wildman–Crippen MR) is 77.4 cm³/mol. The maximum absolute atomic E-state index is 10.6. The molecule has 19 heavy (non-hydrogen) atoms. The number of rotatable bonds is 7. The van der Waals surface area contributed by atoms with E-state index in [1.165, 1.54) is 6.08 Å². The molecule has 0 heterocycles. The summed E-state index contributed by atoms with van der Waals surface area (Å²) in [6.45, 7) is 6.94. The lowest BCUT2D eigenvalue weighted by Gasteiger charge is -2.11. The number of hydrogen-bond donors (Lipinski definition) is 1. The van der Waals surface area contributed by atoms with E-state index in [0.29, 0.717) is 12.5 Å². The monoisotopic (exact) mass is 262 g/mol. The van der Waals surface area contributed by atoms with Crippen molar-refractivity contribution in [2.75, 3.05) is 6.61 Å². The minimum Gasteiger partial charge on any atom is -0.494 e. The molecule has 0 spiro atoms. The molecule has 0 aliphatic heterocycles. The van der Waals surface area contributed by atoms with Crippen molar-refractivity contribution in [3.63, 3.8) is 0 Å². The van der Waals surface area contributed by atoms with Crippen LogP contribution in [0, 0.1) is 5.92 Å². The third-order valence-electron chi connectivity index (χ3n) is 2.82. The highest BCUT2D eigenvalue weighted by molar-refractivity contribution is 5.85. The molecule has 0 aromatic heterocycles. The van der Waals surface area contributed by atoms with E-state index in [-0.39, 0.29) is 0 Å². The van der Waals surface area contributed by atoms with Crippen molar-refractivity contribution < 1.29 is 14.6 Å². The first-order chi connectivity index (χ1) is 9.02. The Kier molecular flexibility index (Phi) is 6.13. The standard InChI is InChI=1S/C16H22O3/c1-4-19-15-9-7-13(8-10-16(17)18)14(11-15)6-5-12(2)3/h7-12H,4-6H2,1-3H3,(H,17,18)/b10-8+. The van der Waals surface area contributed by atoms with Crippen LogP contribution < -0.4 is 4.74 Å². The number of ether oxygens (including phenoxy) is 1. The quantitative estimate of drug-likeness (QED) is 0.761. The second kappa shape index (κ2) is 7.62. The van der Waals surface area contributed by atoms with E-state index in [0.717, 1.165) is 29.7 Å². The van der Waals surface area contributed by atoms with Gasteiger partial charge in [0, 0.05) is 6.08 Å². The molecule has 0 radical (unpaired) electrons. The minimum absolute atomic E-state index is 0.618. The van der Waals surface area contributed by atoms with Crippen molar-refractivity contribution >= 4 is 12.0 Å². The average molecular weight is 262 g/mol. The molecule has 3 nitrogen and oxygen atoms in total. The highest BCUT2D eigenvalue weighted by Gasteiger charge is 2.05. The van der Waals surface area contributed by atoms with E-state index >= 15 is 0 Å². The molecule has 1 rings (SSSR count). The van der Waals surface area contributed by atoms with Crippen molar-refractivity contribution in [1.29, 1.82) is 0 Å². The van der Waals surface area contributed by atoms with E-state index in [1.54, 1.807) is 6.08 Å². The largest absolute Gasteiger partial charge is 0.494 e. The van der Waals surface area contributed by atoms with E-state index in [9.17, 15) is 4.79 Å². The molecule has 0 saturated heterocycles. The summed E-state index contributed by atoms with van der Waals surface area (Å²) in [5.41, 5.74) is 2.09. The molecule has 0 unspecified atom stereocenters. The van der Waals surface area contributed by atoms with Gasteiger partial charge in [0.2, 0.25) is 0 Å². The first kappa shape index (κ1) is 15.3. The number of benzene rings is 1. The Balaban J connectivity index is 2.96. The van der Waals surface area contributed by atoms with Gasteiger partial charge in [-0.15, -0.1) is 0 Å². The molecular formula is C16H22O3. The molecule has 0 amide bonds. The molecule has 0 atom stereocenters. The fourth-order valence-electron chi connectivity index (χ4n) is 1.82. The number of hydrogen-bond acceptors (Lipinski definition) is 2. The summed E-state index contributed by atoms with van der Waals surface area (Å²) in [4.78, 5) is 10.6. The van der Waals surface area contributed by atoms with Crippen LogP contribution in [0.2, 0.25) is 0 Å². The van der Waals surface area contributed by atoms with Crippen molar-refractivity contribution in [2.45, 2.75) is 33.6 Å². The van der Waals surface area contributed by atoms with Gasteiger partial charge in [-0.1, -0.05) is 19.9 Å². The fraction of sp³-hybridized carbons (Fsp3) is 0.438. The molecule has 1 N–H and O–H groups in total. The third-order valence-corrected chi connectivity index (χ3v) is 2.82. The van der Waals surface area contributed by atoms with Crippen molar-refractivity contribution in [3.05, 3.63) is 35.4 Å². The third kappa shape index (κ3) is 5.60. The van der Waals surface area contributed by atoms with Crippen LogP contribution in [0.1, 0.15) is 38.3 Å². The van der Waals surface area contributed by atoms with Crippen LogP contribution in [0.4, 0.5) is 0 Å². The molecule has 1 aromatic rings. The van der Waals surface area contributed by atoms with Gasteiger partial charge in [0.15, 0.2) is 0 Å². The van der Waals surface area contributed by atoms with Gasteiger partial charge >= 0.3 is 5.97 Å². The summed E-state index contributed by atoms with van der Waals surface area (Å²) in [6.07, 6.45) is 4.82. The van der Waals surface area contributed by atoms with Gasteiger partial charge in [-0.2, -0.15) is 0 Å². The molecule has 0 saturated carbocycles. The number of carbonyl (C=O) groups is 1. The van der Waals surface area contributed by atoms with Crippen molar-refractivity contribution in [1.82, 2.24) is 0 Å². The van der Waals surface area contributed by atoms with Crippen LogP contribution in [0.15, 0.2) is 24.3 Å². The Hall–Kier alpha value is -1.77. The van der Waals surface area contributed by atoms with Gasteiger partial charge in [-0.3, -0.25) is 0 Å². The van der Waals surface area contributed by atoms with Gasteiger partial charge in [-0.25, -0.2) is 4.79 Å². The van der Waals surface area contributed by atoms with Crippen LogP contribution in [-0.2, 0) is 11.2 Å². The fourth-order valence-corrected chi connectivity index (χ4v) is 1.82. The normalized spacial score (nSPS) is 11.2. The lowest BCUT2D eigenvalue weighted by Crippen LogP contribution is -1.98. The Morgan fingerprint density at radius 1 is 1.42 bits per heavy atom. The van der Waals surface area contributed by atoms with E-state index in [1.807, 2.05) is 25.1 Å². The van der Waals surface area contributed by atoms with Gasteiger partial charge < -0.3 is 9.84 Å². The molecule has 0 aliphatic carbocycles. The second-order valence-electron chi connectivity index (χ2n) is 4.90. The average Bonchev–Trinajstić information content (AvgIpc) is 2.35. The summed E-state index contributed by atoms with van der Waals surface area (Å²) in [7, 11) is 0. The maximum Gasteiger partial charge on any atom is 0.328 e. The van der Waals surface area contributed by atoms with Gasteiger partial charge in [0.1, 0.15) is 5.75 Å². The number of carboxylic acid groups (broad SMARTS) is 1. The molecule has 0 aliphatic rings. The zero-order valence-corrected chi connectivity index (χ0v) is 11.8. The number of carboxylic acids is 1. The van der Waals surface area contributed by atoms with Crippen molar-refractivity contribution in [2.24, 2.45) is 5.92 Å². The van der Waals surface area contributed by atoms with E-state index < -0.39 is 5.97 Å². The highest BCUT2D eigenvalue weighted by atomic mass is 16.5. The zero-order chi connectivity index (χ0) is 14.3. The van der Waals surface area contributed by atoms with Crippen LogP contribution in [0.25, 0.3) is 6.08 Å². The lowest BCUT2D eigenvalue weighted by molar-refractivity contribution is -0.131. The summed E-state index contributed by atoms with van der Waals surface area (Å²) >= 11 is 0. The lowest BCUT2D eigenvalue weighted by atomic mass is 9.98. The van der Waals surface area contributed by atoms with Gasteiger partial charge in [0.25, 0.3) is 0 Å². The molecule has 3 heteroatoms. The van der Waals surface area contributed by atoms with E-state index in [4.69, 9.17) is 9.84 Å². The first-order valence-electron chi connectivity index (χ1n) is 6.69. The molecule has 104 valence electrons. The smallest absolute Gasteiger partial charge is 0.328 e. The Labute approximate surface area is 114 Å². The first-order valence-corrected chi connectivity index (χ1v) is 6.69. The summed E-state index contributed by atoms with van der Waals surface area (Å²) in [5, 5.41) is 8.71. The second-order valence-corrected chi connectivity index (χ2v) is 4.90. The SMILES string of the molecule is CCOc1ccc(/C=C/C(=O)O)c(CCC(C)C)c1. The maximum atomic E-state index is 10.6. The predicted octanol–water partition coefficient (Wildman–Crippen LogP) is 3.77. The van der Waals surface area contributed by atoms with Gasteiger partial charge in [-0.05, 0) is 55.0 Å².